The van der Waals surface area contributed by atoms with Crippen molar-refractivity contribution in [3.05, 3.63) is 76.5 Å². The molecule has 1 atom stereocenters. The summed E-state index contributed by atoms with van der Waals surface area (Å²) in [7, 11) is 1.53. The van der Waals surface area contributed by atoms with E-state index in [0.717, 1.165) is 23.5 Å². The fourth-order valence-corrected chi connectivity index (χ4v) is 3.50. The van der Waals surface area contributed by atoms with E-state index in [4.69, 9.17) is 0 Å². The Hall–Kier alpha value is -2.74. The van der Waals surface area contributed by atoms with Gasteiger partial charge >= 0.3 is 6.18 Å². The number of rotatable bonds is 4. The molecule has 1 heterocycles. The molecule has 0 spiro atoms. The zero-order valence-electron chi connectivity index (χ0n) is 15.0. The van der Waals surface area contributed by atoms with Crippen LogP contribution in [0, 0.1) is 5.82 Å². The maximum absolute atomic E-state index is 14.0. The number of amides is 1. The van der Waals surface area contributed by atoms with Gasteiger partial charge < -0.3 is 4.90 Å². The second kappa shape index (κ2) is 7.71. The first-order chi connectivity index (χ1) is 13.2. The van der Waals surface area contributed by atoms with Crippen LogP contribution < -0.4 is 0 Å². The summed E-state index contributed by atoms with van der Waals surface area (Å²) < 4.78 is 52.7. The number of benzene rings is 2. The molecule has 3 aromatic rings. The second-order valence-electron chi connectivity index (χ2n) is 6.23. The van der Waals surface area contributed by atoms with Gasteiger partial charge in [0.1, 0.15) is 16.5 Å². The molecule has 0 bridgehead atoms. The number of hydrogen-bond acceptors (Lipinski definition) is 3. The van der Waals surface area contributed by atoms with Gasteiger partial charge in [0.05, 0.1) is 11.6 Å². The molecule has 28 heavy (non-hydrogen) atoms. The van der Waals surface area contributed by atoms with Crippen LogP contribution in [-0.2, 0) is 6.18 Å². The predicted molar refractivity (Wildman–Crippen MR) is 99.5 cm³/mol. The number of thiazole rings is 1. The first-order valence-corrected chi connectivity index (χ1v) is 9.21. The van der Waals surface area contributed by atoms with Crippen LogP contribution >= 0.6 is 11.3 Å². The molecular formula is C20H16F4N2OS. The maximum Gasteiger partial charge on any atom is 0.416 e. The van der Waals surface area contributed by atoms with Crippen LogP contribution in [0.5, 0.6) is 0 Å². The highest BCUT2D eigenvalue weighted by atomic mass is 32.1. The molecule has 0 fully saturated rings. The van der Waals surface area contributed by atoms with Crippen molar-refractivity contribution in [3.8, 4) is 10.6 Å². The molecule has 3 nitrogen and oxygen atoms in total. The van der Waals surface area contributed by atoms with E-state index in [1.54, 1.807) is 25.1 Å². The summed E-state index contributed by atoms with van der Waals surface area (Å²) in [5.74, 6) is -0.859. The Morgan fingerprint density at radius 2 is 1.86 bits per heavy atom. The van der Waals surface area contributed by atoms with Gasteiger partial charge in [-0.25, -0.2) is 9.37 Å². The summed E-state index contributed by atoms with van der Waals surface area (Å²) >= 11 is 1.08. The summed E-state index contributed by atoms with van der Waals surface area (Å²) in [5.41, 5.74) is -0.0307. The summed E-state index contributed by atoms with van der Waals surface area (Å²) in [5, 5.41) is 1.80. The quantitative estimate of drug-likeness (QED) is 0.511. The van der Waals surface area contributed by atoms with Gasteiger partial charge in [-0.1, -0.05) is 30.3 Å². The first-order valence-electron chi connectivity index (χ1n) is 8.33. The van der Waals surface area contributed by atoms with Crippen LogP contribution in [0.2, 0.25) is 0 Å². The third-order valence-corrected chi connectivity index (χ3v) is 5.31. The van der Waals surface area contributed by atoms with Gasteiger partial charge in [-0.2, -0.15) is 13.2 Å². The van der Waals surface area contributed by atoms with Crippen LogP contribution in [-0.4, -0.2) is 22.8 Å². The van der Waals surface area contributed by atoms with Crippen LogP contribution in [0.1, 0.15) is 34.6 Å². The molecule has 1 unspecified atom stereocenters. The lowest BCUT2D eigenvalue weighted by Gasteiger charge is -2.24. The minimum Gasteiger partial charge on any atom is -0.333 e. The van der Waals surface area contributed by atoms with Gasteiger partial charge in [0, 0.05) is 23.6 Å². The first kappa shape index (κ1) is 20.0. The van der Waals surface area contributed by atoms with Crippen molar-refractivity contribution < 1.29 is 22.4 Å². The molecule has 0 aliphatic heterocycles. The Labute approximate surface area is 163 Å². The summed E-state index contributed by atoms with van der Waals surface area (Å²) in [6, 6.07) is 10.4. The highest BCUT2D eigenvalue weighted by Gasteiger charge is 2.31. The van der Waals surface area contributed by atoms with Crippen molar-refractivity contribution in [1.82, 2.24) is 9.88 Å². The number of carbonyl (C=O) groups is 1. The van der Waals surface area contributed by atoms with E-state index in [9.17, 15) is 22.4 Å². The van der Waals surface area contributed by atoms with Crippen molar-refractivity contribution in [3.63, 3.8) is 0 Å². The van der Waals surface area contributed by atoms with Crippen molar-refractivity contribution in [2.75, 3.05) is 7.05 Å². The van der Waals surface area contributed by atoms with Gasteiger partial charge in [-0.05, 0) is 25.1 Å². The average molecular weight is 408 g/mol. The lowest BCUT2D eigenvalue weighted by atomic mass is 10.1. The Bertz CT molecular complexity index is 1000. The van der Waals surface area contributed by atoms with E-state index in [1.165, 1.54) is 35.5 Å². The van der Waals surface area contributed by atoms with E-state index in [0.29, 0.717) is 10.6 Å². The summed E-state index contributed by atoms with van der Waals surface area (Å²) in [4.78, 5) is 18.2. The summed E-state index contributed by atoms with van der Waals surface area (Å²) in [6.07, 6.45) is -4.46. The van der Waals surface area contributed by atoms with Gasteiger partial charge in [-0.15, -0.1) is 11.3 Å². The Morgan fingerprint density at radius 1 is 1.14 bits per heavy atom. The number of hydrogen-bond donors (Lipinski definition) is 0. The van der Waals surface area contributed by atoms with Gasteiger partial charge in [-0.3, -0.25) is 4.79 Å². The number of alkyl halides is 3. The Morgan fingerprint density at radius 3 is 2.54 bits per heavy atom. The van der Waals surface area contributed by atoms with E-state index in [-0.39, 0.29) is 11.3 Å². The molecule has 2 aromatic carbocycles. The predicted octanol–water partition coefficient (Wildman–Crippen LogP) is 5.80. The molecule has 8 heteroatoms. The van der Waals surface area contributed by atoms with Crippen molar-refractivity contribution in [2.45, 2.75) is 19.1 Å². The molecular weight excluding hydrogens is 392 g/mol. The smallest absolute Gasteiger partial charge is 0.333 e. The van der Waals surface area contributed by atoms with Gasteiger partial charge in [0.2, 0.25) is 0 Å². The number of nitrogens with zero attached hydrogens (tertiary/aromatic N) is 2. The largest absolute Gasteiger partial charge is 0.416 e. The molecule has 0 saturated heterocycles. The molecule has 0 aliphatic carbocycles. The van der Waals surface area contributed by atoms with Gasteiger partial charge in [0.15, 0.2) is 0 Å². The SMILES string of the molecule is CC(c1ccccc1F)N(C)C(=O)c1csc(-c2cccc(C(F)(F)F)c2)n1. The topological polar surface area (TPSA) is 33.2 Å². The molecule has 1 aromatic heterocycles. The Balaban J connectivity index is 1.84. The number of carbonyl (C=O) groups excluding carboxylic acids is 1. The molecule has 0 N–H and O–H groups in total. The van der Waals surface area contributed by atoms with Crippen molar-refractivity contribution in [2.24, 2.45) is 0 Å². The van der Waals surface area contributed by atoms with E-state index < -0.39 is 29.5 Å². The number of aromatic nitrogens is 1. The monoisotopic (exact) mass is 408 g/mol. The van der Waals surface area contributed by atoms with E-state index in [1.807, 2.05) is 0 Å². The maximum atomic E-state index is 14.0. The molecule has 0 radical (unpaired) electrons. The lowest BCUT2D eigenvalue weighted by molar-refractivity contribution is -0.137. The molecule has 3 rings (SSSR count). The molecule has 0 saturated carbocycles. The number of halogens is 4. The van der Waals surface area contributed by atoms with Crippen LogP contribution in [0.25, 0.3) is 10.6 Å². The molecule has 0 aliphatic rings. The minimum absolute atomic E-state index is 0.100. The molecule has 146 valence electrons. The zero-order chi connectivity index (χ0) is 20.5. The third kappa shape index (κ3) is 4.06. The third-order valence-electron chi connectivity index (χ3n) is 4.42. The second-order valence-corrected chi connectivity index (χ2v) is 7.09. The minimum atomic E-state index is -4.46. The normalized spacial score (nSPS) is 12.6. The fourth-order valence-electron chi connectivity index (χ4n) is 2.71. The van der Waals surface area contributed by atoms with E-state index in [2.05, 4.69) is 4.98 Å². The van der Waals surface area contributed by atoms with Crippen LogP contribution in [0.15, 0.2) is 53.9 Å². The standard InChI is InChI=1S/C20H16F4N2OS/c1-12(15-8-3-4-9-16(15)21)26(2)19(27)17-11-28-18(25-17)13-6-5-7-14(10-13)20(22,23)24/h3-12H,1-2H3. The molecule has 1 amide bonds. The van der Waals surface area contributed by atoms with Crippen LogP contribution in [0.4, 0.5) is 17.6 Å². The summed E-state index contributed by atoms with van der Waals surface area (Å²) in [6.45, 7) is 1.69. The highest BCUT2D eigenvalue weighted by Crippen LogP contribution is 2.33. The van der Waals surface area contributed by atoms with E-state index >= 15 is 0 Å². The highest BCUT2D eigenvalue weighted by molar-refractivity contribution is 7.13. The lowest BCUT2D eigenvalue weighted by Crippen LogP contribution is -2.30. The van der Waals surface area contributed by atoms with Crippen LogP contribution in [0.3, 0.4) is 0 Å². The average Bonchev–Trinajstić information content (AvgIpc) is 3.16. The zero-order valence-corrected chi connectivity index (χ0v) is 15.8. The van der Waals surface area contributed by atoms with Crippen molar-refractivity contribution in [1.29, 1.82) is 0 Å². The fraction of sp³-hybridized carbons (Fsp3) is 0.200. The van der Waals surface area contributed by atoms with Gasteiger partial charge in [0.25, 0.3) is 5.91 Å². The van der Waals surface area contributed by atoms with Crippen molar-refractivity contribution >= 4 is 17.2 Å². The Kier molecular flexibility index (Phi) is 5.51.